The highest BCUT2D eigenvalue weighted by Gasteiger charge is 2.21. The standard InChI is InChI=1S/C15H19NO4/c1-11-6-8-16(9-7-11)15(19)12-2-4-13(5-3-12)20-10-14(17)18/h2-5,11H,6-10H2,1H3,(H,17,18). The SMILES string of the molecule is CC1CCN(C(=O)c2ccc(OCC(=O)O)cc2)CC1. The number of hydrogen-bond acceptors (Lipinski definition) is 3. The zero-order valence-corrected chi connectivity index (χ0v) is 11.5. The molecule has 1 amide bonds. The van der Waals surface area contributed by atoms with E-state index in [1.165, 1.54) is 0 Å². The number of carbonyl (C=O) groups excluding carboxylic acids is 1. The summed E-state index contributed by atoms with van der Waals surface area (Å²) in [6.45, 7) is 3.43. The third-order valence-electron chi connectivity index (χ3n) is 3.53. The number of likely N-dealkylation sites (tertiary alicyclic amines) is 1. The van der Waals surface area contributed by atoms with Crippen molar-refractivity contribution < 1.29 is 19.4 Å². The third kappa shape index (κ3) is 3.73. The average Bonchev–Trinajstić information content (AvgIpc) is 2.46. The van der Waals surface area contributed by atoms with Gasteiger partial charge >= 0.3 is 5.97 Å². The van der Waals surface area contributed by atoms with Gasteiger partial charge in [0.1, 0.15) is 5.75 Å². The number of amides is 1. The highest BCUT2D eigenvalue weighted by atomic mass is 16.5. The van der Waals surface area contributed by atoms with Gasteiger partial charge < -0.3 is 14.7 Å². The molecule has 1 aliphatic rings. The summed E-state index contributed by atoms with van der Waals surface area (Å²) in [5.74, 6) is 0.149. The molecule has 5 nitrogen and oxygen atoms in total. The Morgan fingerprint density at radius 2 is 1.85 bits per heavy atom. The molecular weight excluding hydrogens is 258 g/mol. The fourth-order valence-electron chi connectivity index (χ4n) is 2.23. The first-order valence-electron chi connectivity index (χ1n) is 6.80. The fraction of sp³-hybridized carbons (Fsp3) is 0.467. The fourth-order valence-corrected chi connectivity index (χ4v) is 2.23. The van der Waals surface area contributed by atoms with E-state index in [2.05, 4.69) is 6.92 Å². The van der Waals surface area contributed by atoms with Gasteiger partial charge in [-0.05, 0) is 43.0 Å². The molecule has 2 rings (SSSR count). The second kappa shape index (κ2) is 6.41. The zero-order chi connectivity index (χ0) is 14.5. The van der Waals surface area contributed by atoms with E-state index in [4.69, 9.17) is 9.84 Å². The molecule has 1 aliphatic heterocycles. The molecule has 1 N–H and O–H groups in total. The van der Waals surface area contributed by atoms with Gasteiger partial charge in [-0.3, -0.25) is 4.79 Å². The summed E-state index contributed by atoms with van der Waals surface area (Å²) in [4.78, 5) is 24.5. The monoisotopic (exact) mass is 277 g/mol. The van der Waals surface area contributed by atoms with Gasteiger partial charge in [-0.25, -0.2) is 4.79 Å². The van der Waals surface area contributed by atoms with Crippen molar-refractivity contribution in [3.63, 3.8) is 0 Å². The summed E-state index contributed by atoms with van der Waals surface area (Å²) < 4.78 is 5.04. The molecule has 20 heavy (non-hydrogen) atoms. The number of carboxylic acids is 1. The van der Waals surface area contributed by atoms with Crippen molar-refractivity contribution in [3.05, 3.63) is 29.8 Å². The maximum Gasteiger partial charge on any atom is 0.341 e. The molecule has 0 atom stereocenters. The van der Waals surface area contributed by atoms with Crippen LogP contribution in [-0.2, 0) is 4.79 Å². The minimum absolute atomic E-state index is 0.0293. The van der Waals surface area contributed by atoms with Crippen LogP contribution in [0.25, 0.3) is 0 Å². The number of aliphatic carboxylic acids is 1. The normalized spacial score (nSPS) is 15.9. The van der Waals surface area contributed by atoms with Gasteiger partial charge in [0, 0.05) is 18.7 Å². The third-order valence-corrected chi connectivity index (χ3v) is 3.53. The molecule has 0 aliphatic carbocycles. The van der Waals surface area contributed by atoms with E-state index >= 15 is 0 Å². The van der Waals surface area contributed by atoms with Crippen molar-refractivity contribution in [1.82, 2.24) is 4.90 Å². The minimum atomic E-state index is -1.02. The van der Waals surface area contributed by atoms with Gasteiger partial charge in [0.25, 0.3) is 5.91 Å². The van der Waals surface area contributed by atoms with E-state index < -0.39 is 5.97 Å². The Bertz CT molecular complexity index is 475. The average molecular weight is 277 g/mol. The molecule has 0 spiro atoms. The molecular formula is C15H19NO4. The van der Waals surface area contributed by atoms with Crippen LogP contribution in [0.5, 0.6) is 5.75 Å². The van der Waals surface area contributed by atoms with E-state index in [0.29, 0.717) is 17.2 Å². The Kier molecular flexibility index (Phi) is 4.61. The van der Waals surface area contributed by atoms with Crippen LogP contribution in [-0.4, -0.2) is 41.6 Å². The molecule has 0 radical (unpaired) electrons. The maximum atomic E-state index is 12.3. The van der Waals surface area contributed by atoms with Crippen molar-refractivity contribution in [2.45, 2.75) is 19.8 Å². The van der Waals surface area contributed by atoms with Crippen molar-refractivity contribution >= 4 is 11.9 Å². The molecule has 0 bridgehead atoms. The lowest BCUT2D eigenvalue weighted by Crippen LogP contribution is -2.37. The summed E-state index contributed by atoms with van der Waals surface area (Å²) in [6.07, 6.45) is 2.09. The summed E-state index contributed by atoms with van der Waals surface area (Å²) >= 11 is 0. The smallest absolute Gasteiger partial charge is 0.341 e. The first-order valence-corrected chi connectivity index (χ1v) is 6.80. The Hall–Kier alpha value is -2.04. The summed E-state index contributed by atoms with van der Waals surface area (Å²) in [5.41, 5.74) is 0.613. The van der Waals surface area contributed by atoms with Gasteiger partial charge in [0.05, 0.1) is 0 Å². The quantitative estimate of drug-likeness (QED) is 0.914. The van der Waals surface area contributed by atoms with Gasteiger partial charge in [-0.2, -0.15) is 0 Å². The van der Waals surface area contributed by atoms with Crippen LogP contribution in [0.1, 0.15) is 30.1 Å². The predicted octanol–water partition coefficient (Wildman–Crippen LogP) is 2.02. The molecule has 1 fully saturated rings. The molecule has 5 heteroatoms. The number of piperidine rings is 1. The molecule has 0 aromatic heterocycles. The van der Waals surface area contributed by atoms with Crippen molar-refractivity contribution in [1.29, 1.82) is 0 Å². The summed E-state index contributed by atoms with van der Waals surface area (Å²) in [6, 6.07) is 6.61. The van der Waals surface area contributed by atoms with Crippen molar-refractivity contribution in [2.75, 3.05) is 19.7 Å². The second-order valence-corrected chi connectivity index (χ2v) is 5.18. The van der Waals surface area contributed by atoms with Crippen molar-refractivity contribution in [3.8, 4) is 5.75 Å². The zero-order valence-electron chi connectivity index (χ0n) is 11.5. The predicted molar refractivity (Wildman–Crippen MR) is 73.9 cm³/mol. The molecule has 1 heterocycles. The van der Waals surface area contributed by atoms with Gasteiger partial charge in [-0.1, -0.05) is 6.92 Å². The van der Waals surface area contributed by atoms with E-state index in [0.717, 1.165) is 25.9 Å². The molecule has 0 saturated carbocycles. The van der Waals surface area contributed by atoms with E-state index in [-0.39, 0.29) is 12.5 Å². The lowest BCUT2D eigenvalue weighted by Gasteiger charge is -2.30. The molecule has 1 aromatic carbocycles. The summed E-state index contributed by atoms with van der Waals surface area (Å²) in [5, 5.41) is 8.52. The number of rotatable bonds is 4. The minimum Gasteiger partial charge on any atom is -0.482 e. The van der Waals surface area contributed by atoms with Crippen LogP contribution in [0.3, 0.4) is 0 Å². The Balaban J connectivity index is 1.95. The number of carbonyl (C=O) groups is 2. The van der Waals surface area contributed by atoms with Crippen LogP contribution in [0.15, 0.2) is 24.3 Å². The number of benzene rings is 1. The number of hydrogen-bond donors (Lipinski definition) is 1. The largest absolute Gasteiger partial charge is 0.482 e. The number of carboxylic acid groups (broad SMARTS) is 1. The van der Waals surface area contributed by atoms with Crippen molar-refractivity contribution in [2.24, 2.45) is 5.92 Å². The highest BCUT2D eigenvalue weighted by Crippen LogP contribution is 2.19. The highest BCUT2D eigenvalue weighted by molar-refractivity contribution is 5.94. The molecule has 1 aromatic rings. The van der Waals surface area contributed by atoms with Gasteiger partial charge in [0.15, 0.2) is 6.61 Å². The molecule has 1 saturated heterocycles. The van der Waals surface area contributed by atoms with Crippen LogP contribution >= 0.6 is 0 Å². The lowest BCUT2D eigenvalue weighted by molar-refractivity contribution is -0.139. The Morgan fingerprint density at radius 1 is 1.25 bits per heavy atom. The van der Waals surface area contributed by atoms with Crippen LogP contribution in [0.2, 0.25) is 0 Å². The number of ether oxygens (including phenoxy) is 1. The first-order chi connectivity index (χ1) is 9.56. The summed E-state index contributed by atoms with van der Waals surface area (Å²) in [7, 11) is 0. The number of nitrogens with zero attached hydrogens (tertiary/aromatic N) is 1. The maximum absolute atomic E-state index is 12.3. The van der Waals surface area contributed by atoms with E-state index in [1.807, 2.05) is 4.90 Å². The van der Waals surface area contributed by atoms with Gasteiger partial charge in [-0.15, -0.1) is 0 Å². The van der Waals surface area contributed by atoms with E-state index in [9.17, 15) is 9.59 Å². The topological polar surface area (TPSA) is 66.8 Å². The first kappa shape index (κ1) is 14.4. The van der Waals surface area contributed by atoms with Crippen LogP contribution in [0, 0.1) is 5.92 Å². The van der Waals surface area contributed by atoms with E-state index in [1.54, 1.807) is 24.3 Å². The molecule has 0 unspecified atom stereocenters. The molecule has 108 valence electrons. The van der Waals surface area contributed by atoms with Crippen LogP contribution in [0.4, 0.5) is 0 Å². The Labute approximate surface area is 118 Å². The second-order valence-electron chi connectivity index (χ2n) is 5.18. The van der Waals surface area contributed by atoms with Crippen LogP contribution < -0.4 is 4.74 Å². The van der Waals surface area contributed by atoms with Gasteiger partial charge in [0.2, 0.25) is 0 Å². The Morgan fingerprint density at radius 3 is 2.40 bits per heavy atom. The lowest BCUT2D eigenvalue weighted by atomic mass is 9.98.